The van der Waals surface area contributed by atoms with Gasteiger partial charge in [0.05, 0.1) is 22.1 Å². The molecule has 6 heteroatoms. The van der Waals surface area contributed by atoms with Crippen molar-refractivity contribution in [3.05, 3.63) is 188 Å². The molecule has 2 aliphatic rings. The van der Waals surface area contributed by atoms with Crippen LogP contribution in [-0.2, 0) is 0 Å². The van der Waals surface area contributed by atoms with Gasteiger partial charge in [-0.25, -0.2) is 4.98 Å². The zero-order valence-corrected chi connectivity index (χ0v) is 31.2. The average Bonchev–Trinajstić information content (AvgIpc) is 4.03. The Morgan fingerprint density at radius 3 is 1.58 bits per heavy atom. The summed E-state index contributed by atoms with van der Waals surface area (Å²) in [7, 11) is 0. The molecule has 0 fully saturated rings. The molecule has 0 amide bonds. The van der Waals surface area contributed by atoms with Gasteiger partial charge in [-0.15, -0.1) is 0 Å². The van der Waals surface area contributed by atoms with Crippen LogP contribution in [0.2, 0.25) is 0 Å². The van der Waals surface area contributed by atoms with Crippen molar-refractivity contribution < 1.29 is 0 Å². The van der Waals surface area contributed by atoms with Gasteiger partial charge in [0.25, 0.3) is 0 Å². The van der Waals surface area contributed by atoms with E-state index in [0.29, 0.717) is 0 Å². The Morgan fingerprint density at radius 2 is 1.04 bits per heavy atom. The van der Waals surface area contributed by atoms with E-state index < -0.39 is 0 Å². The first kappa shape index (κ1) is 31.9. The minimum Gasteiger partial charge on any atom is -0.331 e. The van der Waals surface area contributed by atoms with E-state index in [0.717, 1.165) is 39.3 Å². The SMILES string of the molecule is CC1C(c2cc(-c3cc(-c4cc5ncccn5c4)cc(-n4c5ccccc5c5ccccc54)c3)cc(-n3c4ccccc4c4ccccc43)c2)=CN2C=CC=NC12. The molecule has 0 saturated carbocycles. The van der Waals surface area contributed by atoms with Crippen molar-refractivity contribution in [2.45, 2.75) is 13.1 Å². The van der Waals surface area contributed by atoms with Gasteiger partial charge < -0.3 is 18.4 Å². The standard InChI is InChI=1S/C51H36N6/c1-33-45(32-55-23-11-21-53-51(33)55)37-25-35(27-40(29-37)57-48-18-8-4-14-43(48)44-15-5-9-19-49(44)57)34-24-36(38-30-50-52-20-10-22-54(50)31-38)28-39(26-34)56-46-16-6-2-12-41(46)42-13-3-7-17-47(42)56/h2-33,51H,1H3. The summed E-state index contributed by atoms with van der Waals surface area (Å²) in [6, 6.07) is 53.4. The Kier molecular flexibility index (Phi) is 6.87. The third kappa shape index (κ3) is 4.90. The maximum Gasteiger partial charge on any atom is 0.137 e. The van der Waals surface area contributed by atoms with Gasteiger partial charge in [0.1, 0.15) is 11.8 Å². The predicted molar refractivity (Wildman–Crippen MR) is 235 cm³/mol. The van der Waals surface area contributed by atoms with E-state index in [1.54, 1.807) is 0 Å². The molecule has 4 aromatic heterocycles. The number of benzene rings is 6. The largest absolute Gasteiger partial charge is 0.331 e. The lowest BCUT2D eigenvalue weighted by Gasteiger charge is -2.24. The van der Waals surface area contributed by atoms with E-state index in [1.807, 2.05) is 24.6 Å². The molecule has 270 valence electrons. The van der Waals surface area contributed by atoms with Gasteiger partial charge in [-0.2, -0.15) is 0 Å². The Labute approximate surface area is 329 Å². The number of aliphatic imine (C=N–C) groups is 1. The monoisotopic (exact) mass is 732 g/mol. The molecule has 57 heavy (non-hydrogen) atoms. The molecule has 0 bridgehead atoms. The highest BCUT2D eigenvalue weighted by atomic mass is 15.2. The van der Waals surface area contributed by atoms with Crippen LogP contribution in [0.4, 0.5) is 0 Å². The Bertz CT molecular complexity index is 3210. The zero-order chi connectivity index (χ0) is 37.6. The van der Waals surface area contributed by atoms with Crippen molar-refractivity contribution in [3.63, 3.8) is 0 Å². The van der Waals surface area contributed by atoms with Gasteiger partial charge >= 0.3 is 0 Å². The molecule has 0 radical (unpaired) electrons. The molecule has 6 aromatic carbocycles. The molecular weight excluding hydrogens is 697 g/mol. The van der Waals surface area contributed by atoms with E-state index in [-0.39, 0.29) is 12.1 Å². The third-order valence-corrected chi connectivity index (χ3v) is 12.0. The summed E-state index contributed by atoms with van der Waals surface area (Å²) in [5.41, 5.74) is 14.9. The first-order chi connectivity index (χ1) is 28.2. The van der Waals surface area contributed by atoms with Crippen LogP contribution in [0.1, 0.15) is 12.5 Å². The summed E-state index contributed by atoms with van der Waals surface area (Å²) in [4.78, 5) is 11.8. The lowest BCUT2D eigenvalue weighted by molar-refractivity contribution is 0.352. The molecule has 2 unspecified atom stereocenters. The first-order valence-electron chi connectivity index (χ1n) is 19.6. The fraction of sp³-hybridized carbons (Fsp3) is 0.0588. The molecule has 12 rings (SSSR count). The summed E-state index contributed by atoms with van der Waals surface area (Å²) in [6.45, 7) is 2.30. The van der Waals surface area contributed by atoms with Crippen molar-refractivity contribution in [1.29, 1.82) is 0 Å². The molecule has 6 nitrogen and oxygen atoms in total. The van der Waals surface area contributed by atoms with Gasteiger partial charge in [0.15, 0.2) is 0 Å². The molecule has 10 aromatic rings. The van der Waals surface area contributed by atoms with Crippen molar-refractivity contribution in [3.8, 4) is 33.6 Å². The number of hydrogen-bond acceptors (Lipinski definition) is 3. The second-order valence-electron chi connectivity index (χ2n) is 15.3. The van der Waals surface area contributed by atoms with Crippen LogP contribution in [-0.4, -0.2) is 35.8 Å². The van der Waals surface area contributed by atoms with Gasteiger partial charge in [-0.05, 0) is 107 Å². The summed E-state index contributed by atoms with van der Waals surface area (Å²) in [6.07, 6.45) is 14.5. The number of nitrogens with zero attached hydrogens (tertiary/aromatic N) is 6. The molecular formula is C51H36N6. The van der Waals surface area contributed by atoms with E-state index in [1.165, 1.54) is 54.7 Å². The molecule has 0 saturated heterocycles. The van der Waals surface area contributed by atoms with Crippen LogP contribution in [0.5, 0.6) is 0 Å². The summed E-state index contributed by atoms with van der Waals surface area (Å²) in [5.74, 6) is 0.202. The third-order valence-electron chi connectivity index (χ3n) is 12.0. The lowest BCUT2D eigenvalue weighted by atomic mass is 9.91. The Balaban J connectivity index is 1.15. The molecule has 6 heterocycles. The second-order valence-corrected chi connectivity index (χ2v) is 15.3. The van der Waals surface area contributed by atoms with Gasteiger partial charge in [-0.3, -0.25) is 4.99 Å². The smallest absolute Gasteiger partial charge is 0.137 e. The fourth-order valence-electron chi connectivity index (χ4n) is 9.37. The average molecular weight is 733 g/mol. The highest BCUT2D eigenvalue weighted by Crippen LogP contribution is 2.42. The number of aromatic nitrogens is 4. The fourth-order valence-corrected chi connectivity index (χ4v) is 9.37. The summed E-state index contributed by atoms with van der Waals surface area (Å²) < 4.78 is 6.96. The van der Waals surface area contributed by atoms with Crippen molar-refractivity contribution >= 4 is 61.0 Å². The summed E-state index contributed by atoms with van der Waals surface area (Å²) >= 11 is 0. The van der Waals surface area contributed by atoms with Crippen LogP contribution in [0.25, 0.3) is 88.5 Å². The van der Waals surface area contributed by atoms with Crippen LogP contribution in [0.3, 0.4) is 0 Å². The number of rotatable bonds is 5. The molecule has 2 aliphatic heterocycles. The Hall–Kier alpha value is -7.44. The molecule has 0 aliphatic carbocycles. The summed E-state index contributed by atoms with van der Waals surface area (Å²) in [5, 5.41) is 4.97. The molecule has 0 N–H and O–H groups in total. The predicted octanol–water partition coefficient (Wildman–Crippen LogP) is 12.1. The normalized spacial score (nSPS) is 16.4. The van der Waals surface area contributed by atoms with E-state index in [2.05, 4.69) is 195 Å². The maximum atomic E-state index is 4.88. The van der Waals surface area contributed by atoms with Gasteiger partial charge in [-0.1, -0.05) is 79.7 Å². The second kappa shape index (κ2) is 12.3. The van der Waals surface area contributed by atoms with Gasteiger partial charge in [0, 0.05) is 81.6 Å². The lowest BCUT2D eigenvalue weighted by Crippen LogP contribution is -2.26. The van der Waals surface area contributed by atoms with Crippen molar-refractivity contribution in [2.24, 2.45) is 10.9 Å². The van der Waals surface area contributed by atoms with Gasteiger partial charge in [0.2, 0.25) is 0 Å². The topological polar surface area (TPSA) is 42.8 Å². The maximum absolute atomic E-state index is 4.88. The quantitative estimate of drug-likeness (QED) is 0.177. The molecule has 0 spiro atoms. The van der Waals surface area contributed by atoms with E-state index >= 15 is 0 Å². The Morgan fingerprint density at radius 1 is 0.526 bits per heavy atom. The minimum absolute atomic E-state index is 0.0492. The molecule has 2 atom stereocenters. The number of allylic oxidation sites excluding steroid dienone is 1. The van der Waals surface area contributed by atoms with E-state index in [4.69, 9.17) is 4.99 Å². The van der Waals surface area contributed by atoms with Crippen LogP contribution in [0.15, 0.2) is 188 Å². The van der Waals surface area contributed by atoms with Crippen LogP contribution >= 0.6 is 0 Å². The zero-order valence-electron chi connectivity index (χ0n) is 31.2. The highest BCUT2D eigenvalue weighted by Gasteiger charge is 2.32. The number of para-hydroxylation sites is 4. The number of fused-ring (bicyclic) bond motifs is 8. The van der Waals surface area contributed by atoms with Crippen LogP contribution < -0.4 is 0 Å². The van der Waals surface area contributed by atoms with Crippen molar-refractivity contribution in [2.75, 3.05) is 0 Å². The highest BCUT2D eigenvalue weighted by molar-refractivity contribution is 6.10. The first-order valence-corrected chi connectivity index (χ1v) is 19.6. The van der Waals surface area contributed by atoms with Crippen LogP contribution in [0, 0.1) is 5.92 Å². The number of hydrogen-bond donors (Lipinski definition) is 0. The van der Waals surface area contributed by atoms with Crippen molar-refractivity contribution in [1.82, 2.24) is 23.4 Å². The minimum atomic E-state index is 0.0492. The van der Waals surface area contributed by atoms with E-state index in [9.17, 15) is 0 Å².